The second-order valence-electron chi connectivity index (χ2n) is 3.55. The summed E-state index contributed by atoms with van der Waals surface area (Å²) in [4.78, 5) is 6.33. The number of nitrogens with zero attached hydrogens (tertiary/aromatic N) is 2. The van der Waals surface area contributed by atoms with E-state index >= 15 is 0 Å². The van der Waals surface area contributed by atoms with Crippen LogP contribution in [-0.2, 0) is 0 Å². The first-order valence-corrected chi connectivity index (χ1v) is 4.77. The first kappa shape index (κ1) is 8.51. The number of rotatable bonds is 1. The second kappa shape index (κ2) is 3.75. The van der Waals surface area contributed by atoms with Crippen LogP contribution >= 0.6 is 0 Å². The molecule has 2 heterocycles. The molecule has 2 N–H and O–H groups in total. The Balaban J connectivity index is 2.08. The Bertz CT molecular complexity index is 260. The van der Waals surface area contributed by atoms with E-state index in [1.807, 2.05) is 24.5 Å². The number of nitrogens with two attached hydrogens (primary N) is 1. The Labute approximate surface area is 78.6 Å². The Morgan fingerprint density at radius 1 is 1.38 bits per heavy atom. The zero-order chi connectivity index (χ0) is 9.10. The SMILES string of the molecule is NC1CCCN(c2ccncc2)C1. The van der Waals surface area contributed by atoms with Crippen molar-refractivity contribution in [2.45, 2.75) is 18.9 Å². The highest BCUT2D eigenvalue weighted by Gasteiger charge is 2.16. The number of hydrogen-bond acceptors (Lipinski definition) is 3. The standard InChI is InChI=1S/C10H15N3/c11-9-2-1-7-13(8-9)10-3-5-12-6-4-10/h3-6,9H,1-2,7-8,11H2. The lowest BCUT2D eigenvalue weighted by Gasteiger charge is -2.32. The van der Waals surface area contributed by atoms with Crippen LogP contribution in [0.15, 0.2) is 24.5 Å². The Hall–Kier alpha value is -1.09. The summed E-state index contributed by atoms with van der Waals surface area (Å²) in [6.07, 6.45) is 6.01. The fraction of sp³-hybridized carbons (Fsp3) is 0.500. The second-order valence-corrected chi connectivity index (χ2v) is 3.55. The fourth-order valence-electron chi connectivity index (χ4n) is 1.80. The molecule has 1 saturated heterocycles. The largest absolute Gasteiger partial charge is 0.370 e. The quantitative estimate of drug-likeness (QED) is 0.696. The molecule has 1 aliphatic rings. The molecule has 13 heavy (non-hydrogen) atoms. The first-order chi connectivity index (χ1) is 6.36. The molecule has 1 aromatic rings. The van der Waals surface area contributed by atoms with Crippen molar-refractivity contribution in [3.05, 3.63) is 24.5 Å². The van der Waals surface area contributed by atoms with Gasteiger partial charge in [-0.05, 0) is 25.0 Å². The molecule has 1 fully saturated rings. The van der Waals surface area contributed by atoms with Gasteiger partial charge in [0.05, 0.1) is 0 Å². The van der Waals surface area contributed by atoms with E-state index in [1.54, 1.807) is 0 Å². The van der Waals surface area contributed by atoms with Crippen LogP contribution in [-0.4, -0.2) is 24.1 Å². The zero-order valence-electron chi connectivity index (χ0n) is 7.69. The third-order valence-electron chi connectivity index (χ3n) is 2.49. The molecule has 3 nitrogen and oxygen atoms in total. The molecule has 2 rings (SSSR count). The first-order valence-electron chi connectivity index (χ1n) is 4.77. The highest BCUT2D eigenvalue weighted by atomic mass is 15.1. The van der Waals surface area contributed by atoms with Crippen molar-refractivity contribution in [2.75, 3.05) is 18.0 Å². The van der Waals surface area contributed by atoms with Crippen molar-refractivity contribution < 1.29 is 0 Å². The maximum Gasteiger partial charge on any atom is 0.0397 e. The van der Waals surface area contributed by atoms with Gasteiger partial charge in [0.25, 0.3) is 0 Å². The van der Waals surface area contributed by atoms with Crippen LogP contribution in [0.25, 0.3) is 0 Å². The molecule has 0 aliphatic carbocycles. The van der Waals surface area contributed by atoms with Gasteiger partial charge in [-0.3, -0.25) is 4.98 Å². The molecule has 1 aliphatic heterocycles. The maximum absolute atomic E-state index is 5.91. The lowest BCUT2D eigenvalue weighted by molar-refractivity contribution is 0.506. The average molecular weight is 177 g/mol. The lowest BCUT2D eigenvalue weighted by atomic mass is 10.1. The van der Waals surface area contributed by atoms with Crippen molar-refractivity contribution in [3.8, 4) is 0 Å². The summed E-state index contributed by atoms with van der Waals surface area (Å²) in [5, 5.41) is 0. The lowest BCUT2D eigenvalue weighted by Crippen LogP contribution is -2.42. The molecule has 1 unspecified atom stereocenters. The van der Waals surface area contributed by atoms with Crippen LogP contribution in [0.5, 0.6) is 0 Å². The van der Waals surface area contributed by atoms with Gasteiger partial charge in [-0.15, -0.1) is 0 Å². The number of aromatic nitrogens is 1. The summed E-state index contributed by atoms with van der Waals surface area (Å²) in [6.45, 7) is 2.10. The van der Waals surface area contributed by atoms with E-state index in [0.29, 0.717) is 6.04 Å². The number of piperidine rings is 1. The van der Waals surface area contributed by atoms with Gasteiger partial charge in [0, 0.05) is 37.2 Å². The van der Waals surface area contributed by atoms with Crippen LogP contribution < -0.4 is 10.6 Å². The molecule has 0 bridgehead atoms. The molecule has 0 radical (unpaired) electrons. The van der Waals surface area contributed by atoms with Gasteiger partial charge >= 0.3 is 0 Å². The van der Waals surface area contributed by atoms with E-state index in [2.05, 4.69) is 9.88 Å². The van der Waals surface area contributed by atoms with Gasteiger partial charge in [-0.1, -0.05) is 0 Å². The van der Waals surface area contributed by atoms with Crippen molar-refractivity contribution in [1.29, 1.82) is 0 Å². The number of hydrogen-bond donors (Lipinski definition) is 1. The summed E-state index contributed by atoms with van der Waals surface area (Å²) in [5.41, 5.74) is 7.15. The molecule has 0 spiro atoms. The van der Waals surface area contributed by atoms with E-state index in [0.717, 1.165) is 19.5 Å². The topological polar surface area (TPSA) is 42.1 Å². The monoisotopic (exact) mass is 177 g/mol. The highest BCUT2D eigenvalue weighted by Crippen LogP contribution is 2.17. The van der Waals surface area contributed by atoms with E-state index in [-0.39, 0.29) is 0 Å². The summed E-state index contributed by atoms with van der Waals surface area (Å²) in [6, 6.07) is 4.41. The summed E-state index contributed by atoms with van der Waals surface area (Å²) in [7, 11) is 0. The van der Waals surface area contributed by atoms with Crippen molar-refractivity contribution >= 4 is 5.69 Å². The molecule has 0 aromatic carbocycles. The fourth-order valence-corrected chi connectivity index (χ4v) is 1.80. The minimum Gasteiger partial charge on any atom is -0.370 e. The van der Waals surface area contributed by atoms with Crippen molar-refractivity contribution in [1.82, 2.24) is 4.98 Å². The third-order valence-corrected chi connectivity index (χ3v) is 2.49. The van der Waals surface area contributed by atoms with Gasteiger partial charge in [0.15, 0.2) is 0 Å². The van der Waals surface area contributed by atoms with Crippen LogP contribution in [0, 0.1) is 0 Å². The number of anilines is 1. The molecule has 1 aromatic heterocycles. The molecule has 0 saturated carbocycles. The van der Waals surface area contributed by atoms with Crippen LogP contribution in [0.3, 0.4) is 0 Å². The molecule has 1 atom stereocenters. The van der Waals surface area contributed by atoms with Gasteiger partial charge in [0.1, 0.15) is 0 Å². The van der Waals surface area contributed by atoms with E-state index < -0.39 is 0 Å². The predicted molar refractivity (Wildman–Crippen MR) is 53.7 cm³/mol. The van der Waals surface area contributed by atoms with Gasteiger partial charge in [-0.2, -0.15) is 0 Å². The molecule has 3 heteroatoms. The van der Waals surface area contributed by atoms with E-state index in [1.165, 1.54) is 12.1 Å². The van der Waals surface area contributed by atoms with Crippen molar-refractivity contribution in [3.63, 3.8) is 0 Å². The van der Waals surface area contributed by atoms with Crippen LogP contribution in [0.2, 0.25) is 0 Å². The molecule has 0 amide bonds. The zero-order valence-corrected chi connectivity index (χ0v) is 7.69. The van der Waals surface area contributed by atoms with E-state index in [9.17, 15) is 0 Å². The normalized spacial score (nSPS) is 23.2. The molecular formula is C10H15N3. The minimum atomic E-state index is 0.335. The van der Waals surface area contributed by atoms with Gasteiger partial charge in [0.2, 0.25) is 0 Å². The third kappa shape index (κ3) is 1.98. The number of pyridine rings is 1. The summed E-state index contributed by atoms with van der Waals surface area (Å²) in [5.74, 6) is 0. The Morgan fingerprint density at radius 3 is 2.85 bits per heavy atom. The van der Waals surface area contributed by atoms with Crippen LogP contribution in [0.4, 0.5) is 5.69 Å². The highest BCUT2D eigenvalue weighted by molar-refractivity contribution is 5.45. The maximum atomic E-state index is 5.91. The Kier molecular flexibility index (Phi) is 2.45. The smallest absolute Gasteiger partial charge is 0.0397 e. The molecule has 70 valence electrons. The average Bonchev–Trinajstić information content (AvgIpc) is 2.19. The van der Waals surface area contributed by atoms with Gasteiger partial charge in [-0.25, -0.2) is 0 Å². The molecular weight excluding hydrogens is 162 g/mol. The Morgan fingerprint density at radius 2 is 2.15 bits per heavy atom. The predicted octanol–water partition coefficient (Wildman–Crippen LogP) is 1.01. The van der Waals surface area contributed by atoms with Crippen molar-refractivity contribution in [2.24, 2.45) is 5.73 Å². The van der Waals surface area contributed by atoms with E-state index in [4.69, 9.17) is 5.73 Å². The summed E-state index contributed by atoms with van der Waals surface area (Å²) >= 11 is 0. The minimum absolute atomic E-state index is 0.335. The van der Waals surface area contributed by atoms with Gasteiger partial charge < -0.3 is 10.6 Å². The van der Waals surface area contributed by atoms with Crippen LogP contribution in [0.1, 0.15) is 12.8 Å². The summed E-state index contributed by atoms with van der Waals surface area (Å²) < 4.78 is 0.